The number of urea groups is 3. The highest BCUT2D eigenvalue weighted by molar-refractivity contribution is 14.1. The van der Waals surface area contributed by atoms with E-state index in [0.717, 1.165) is 85.8 Å². The third-order valence-corrected chi connectivity index (χ3v) is 15.3. The Morgan fingerprint density at radius 3 is 1.90 bits per heavy atom. The summed E-state index contributed by atoms with van der Waals surface area (Å²) in [6.07, 6.45) is -0.428. The highest BCUT2D eigenvalue weighted by Crippen LogP contribution is 2.34. The van der Waals surface area contributed by atoms with Gasteiger partial charge in [0.25, 0.3) is 0 Å². The highest BCUT2D eigenvalue weighted by atomic mass is 127. The number of halogens is 6. The lowest BCUT2D eigenvalue weighted by atomic mass is 10.0. The summed E-state index contributed by atoms with van der Waals surface area (Å²) in [5.41, 5.74) is 3.61. The Hall–Kier alpha value is -6.78. The number of ether oxygens (including phenoxy) is 1. The summed E-state index contributed by atoms with van der Waals surface area (Å²) in [7, 11) is 1.23. The van der Waals surface area contributed by atoms with Crippen molar-refractivity contribution in [2.75, 3.05) is 62.3 Å². The van der Waals surface area contributed by atoms with Crippen LogP contribution < -0.4 is 26.6 Å². The number of methoxy groups -OCH3 is 1. The lowest BCUT2D eigenvalue weighted by Gasteiger charge is -2.38. The van der Waals surface area contributed by atoms with E-state index in [4.69, 9.17) is 16.3 Å². The minimum absolute atomic E-state index is 0.0632. The zero-order chi connectivity index (χ0) is 57.7. The number of hydrogen-bond donors (Lipinski definition) is 5. The van der Waals surface area contributed by atoms with Gasteiger partial charge in [0, 0.05) is 85.4 Å². The molecule has 0 aromatic heterocycles. The van der Waals surface area contributed by atoms with E-state index >= 15 is 0 Å². The van der Waals surface area contributed by atoms with Crippen LogP contribution in [0.3, 0.4) is 0 Å². The van der Waals surface area contributed by atoms with Gasteiger partial charge in [-0.2, -0.15) is 13.2 Å². The summed E-state index contributed by atoms with van der Waals surface area (Å²) < 4.78 is 59.1. The Morgan fingerprint density at radius 2 is 1.26 bits per heavy atom. The van der Waals surface area contributed by atoms with Gasteiger partial charge in [-0.3, -0.25) is 14.6 Å². The molecule has 14 nitrogen and oxygen atoms in total. The van der Waals surface area contributed by atoms with E-state index in [9.17, 15) is 36.7 Å². The van der Waals surface area contributed by atoms with Crippen LogP contribution in [0.15, 0.2) is 158 Å². The number of esters is 1. The van der Waals surface area contributed by atoms with Crippen molar-refractivity contribution >= 4 is 75.3 Å². The van der Waals surface area contributed by atoms with Gasteiger partial charge in [0.15, 0.2) is 0 Å². The minimum atomic E-state index is -4.50. The molecule has 5 N–H and O–H groups in total. The van der Waals surface area contributed by atoms with Gasteiger partial charge in [0.2, 0.25) is 0 Å². The topological polar surface area (TPSA) is 151 Å². The van der Waals surface area contributed by atoms with Crippen molar-refractivity contribution in [3.8, 4) is 0 Å². The van der Waals surface area contributed by atoms with Crippen molar-refractivity contribution in [1.29, 1.82) is 0 Å². The summed E-state index contributed by atoms with van der Waals surface area (Å²) in [6, 6.07) is 44.4. The van der Waals surface area contributed by atoms with E-state index in [2.05, 4.69) is 90.2 Å². The van der Waals surface area contributed by atoms with Crippen LogP contribution in [0.25, 0.3) is 0 Å². The Morgan fingerprint density at radius 1 is 0.667 bits per heavy atom. The number of rotatable bonds is 14. The van der Waals surface area contributed by atoms with Gasteiger partial charge in [-0.05, 0) is 139 Å². The van der Waals surface area contributed by atoms with Gasteiger partial charge in [0.05, 0.1) is 23.4 Å². The maximum atomic E-state index is 13.3. The number of likely N-dealkylation sites (tertiary alicyclic amines) is 3. The SMILES string of the molecule is CCN1CCC(N(Cc2ccc(F)cc2)C(=O)Nc2ccccc2Cl)CC1.COC(=O)[C@@H]1C[C@@H](NC(=O)Nc2ccccc2)CN1Cc1ccccc1C(F)(F)F.O=C(Nc1cccc(I)c1)NC1CCN(Cc2ccccc2)CC1. The summed E-state index contributed by atoms with van der Waals surface area (Å²) in [5, 5.41) is 14.9. The quantitative estimate of drug-likeness (QED) is 0.0411. The molecule has 3 heterocycles. The van der Waals surface area contributed by atoms with Gasteiger partial charge in [-0.1, -0.05) is 116 Å². The molecule has 3 saturated heterocycles. The first kappa shape index (κ1) is 61.8. The number of carbonyl (C=O) groups excluding carboxylic acids is 4. The first-order valence-corrected chi connectivity index (χ1v) is 28.5. The van der Waals surface area contributed by atoms with E-state index in [1.165, 1.54) is 43.0 Å². The lowest BCUT2D eigenvalue weighted by Crippen LogP contribution is -2.48. The smallest absolute Gasteiger partial charge is 0.416 e. The molecule has 0 saturated carbocycles. The normalized spacial score (nSPS) is 17.0. The molecule has 2 atom stereocenters. The third kappa shape index (κ3) is 19.7. The summed E-state index contributed by atoms with van der Waals surface area (Å²) in [5.74, 6) is -0.825. The van der Waals surface area contributed by atoms with E-state index in [1.54, 1.807) is 53.4 Å². The molecule has 0 radical (unpaired) electrons. The zero-order valence-electron chi connectivity index (χ0n) is 45.3. The second-order valence-corrected chi connectivity index (χ2v) is 21.6. The number of nitrogens with one attached hydrogen (secondary N) is 5. The fourth-order valence-corrected chi connectivity index (χ4v) is 10.8. The molecule has 81 heavy (non-hydrogen) atoms. The maximum Gasteiger partial charge on any atom is 0.416 e. The Kier molecular flexibility index (Phi) is 23.6. The van der Waals surface area contributed by atoms with Crippen molar-refractivity contribution in [2.45, 2.75) is 89.0 Å². The fraction of sp³-hybridized carbons (Fsp3) is 0.344. The Labute approximate surface area is 490 Å². The van der Waals surface area contributed by atoms with Crippen LogP contribution in [-0.2, 0) is 35.3 Å². The van der Waals surface area contributed by atoms with Crippen LogP contribution in [0.4, 0.5) is 49.0 Å². The second-order valence-electron chi connectivity index (χ2n) is 20.0. The van der Waals surface area contributed by atoms with Crippen LogP contribution in [0.5, 0.6) is 0 Å². The molecule has 0 unspecified atom stereocenters. The monoisotopic (exact) mass is 1250 g/mol. The number of carbonyl (C=O) groups is 4. The van der Waals surface area contributed by atoms with Crippen LogP contribution in [0, 0.1) is 9.39 Å². The molecule has 6 aromatic rings. The molecule has 0 aliphatic carbocycles. The minimum Gasteiger partial charge on any atom is -0.468 e. The van der Waals surface area contributed by atoms with E-state index in [1.807, 2.05) is 53.4 Å². The van der Waals surface area contributed by atoms with Gasteiger partial charge in [0.1, 0.15) is 11.9 Å². The van der Waals surface area contributed by atoms with Crippen LogP contribution >= 0.6 is 34.2 Å². The largest absolute Gasteiger partial charge is 0.468 e. The number of piperidine rings is 2. The van der Waals surface area contributed by atoms with Gasteiger partial charge < -0.3 is 41.1 Å². The second kappa shape index (κ2) is 30.9. The fourth-order valence-electron chi connectivity index (χ4n) is 10.0. The molecule has 20 heteroatoms. The van der Waals surface area contributed by atoms with Crippen molar-refractivity contribution in [3.05, 3.63) is 194 Å². The molecular weight excluding hydrogens is 1180 g/mol. The van der Waals surface area contributed by atoms with Crippen LogP contribution in [-0.4, -0.2) is 114 Å². The average molecular weight is 1250 g/mol. The Balaban J connectivity index is 0.000000176. The summed E-state index contributed by atoms with van der Waals surface area (Å²) in [6.45, 7) is 8.71. The van der Waals surface area contributed by atoms with E-state index < -0.39 is 35.8 Å². The number of amides is 6. The molecule has 0 spiro atoms. The van der Waals surface area contributed by atoms with Crippen LogP contribution in [0.1, 0.15) is 61.3 Å². The number of anilines is 3. The number of hydrogen-bond acceptors (Lipinski definition) is 8. The predicted molar refractivity (Wildman–Crippen MR) is 318 cm³/mol. The number of para-hydroxylation sites is 2. The molecular formula is C61H69ClF4IN9O5. The third-order valence-electron chi connectivity index (χ3n) is 14.3. The van der Waals surface area contributed by atoms with Crippen molar-refractivity contribution < 1.29 is 41.5 Å². The van der Waals surface area contributed by atoms with E-state index in [-0.39, 0.29) is 55.0 Å². The lowest BCUT2D eigenvalue weighted by molar-refractivity contribution is -0.146. The number of nitrogens with zero attached hydrogens (tertiary/aromatic N) is 4. The molecule has 3 aliphatic rings. The van der Waals surface area contributed by atoms with Crippen molar-refractivity contribution in [3.63, 3.8) is 0 Å². The zero-order valence-corrected chi connectivity index (χ0v) is 48.2. The molecule has 6 aromatic carbocycles. The molecule has 0 bridgehead atoms. The highest BCUT2D eigenvalue weighted by Gasteiger charge is 2.40. The van der Waals surface area contributed by atoms with Gasteiger partial charge in [-0.15, -0.1) is 0 Å². The maximum absolute atomic E-state index is 13.3. The molecule has 3 aliphatic heterocycles. The number of benzene rings is 6. The molecule has 9 rings (SSSR count). The summed E-state index contributed by atoms with van der Waals surface area (Å²) >= 11 is 8.43. The first-order chi connectivity index (χ1) is 39.0. The number of alkyl halides is 3. The molecule has 430 valence electrons. The first-order valence-electron chi connectivity index (χ1n) is 27.0. The van der Waals surface area contributed by atoms with Gasteiger partial charge in [-0.25, -0.2) is 18.8 Å². The van der Waals surface area contributed by atoms with Gasteiger partial charge >= 0.3 is 30.2 Å². The van der Waals surface area contributed by atoms with Crippen molar-refractivity contribution in [1.82, 2.24) is 30.2 Å². The predicted octanol–water partition coefficient (Wildman–Crippen LogP) is 12.7. The van der Waals surface area contributed by atoms with Crippen molar-refractivity contribution in [2.24, 2.45) is 0 Å². The average Bonchev–Trinajstić information content (AvgIpc) is 3.92. The standard InChI is InChI=1S/C21H25ClFN3O.C21H22F3N3O3.C19H22IN3O/c1-2-25-13-11-18(12-14-25)26(15-16-7-9-17(23)10-8-16)21(27)24-20-6-4-3-5-19(20)22;1-30-19(28)18-11-16(26-20(29)25-15-8-3-2-4-9-15)13-27(18)12-14-7-5-6-10-17(14)21(22,23)24;20-16-7-4-8-18(13-16)22-19(24)21-17-9-11-23(12-10-17)14-15-5-2-1-3-6-15/h3-10,18H,2,11-15H2,1H3,(H,24,27);2-10,16,18H,11-13H2,1H3,(H2,25,26,29);1-8,13,17H,9-12,14H2,(H2,21,22,24)/t;16-,18+;/m.1./s1. The van der Waals surface area contributed by atoms with Crippen LogP contribution in [0.2, 0.25) is 5.02 Å². The Bertz CT molecular complexity index is 2950. The summed E-state index contributed by atoms with van der Waals surface area (Å²) in [4.78, 5) is 57.9. The van der Waals surface area contributed by atoms with E-state index in [0.29, 0.717) is 22.9 Å². The molecule has 3 fully saturated rings. The molecule has 6 amide bonds.